The minimum Gasteiger partial charge on any atom is -0.270 e. The molecule has 2 aliphatic rings. The molecule has 1 atom stereocenters. The number of amidine groups is 1. The fraction of sp³-hybridized carbons (Fsp3) is 0.833. The van der Waals surface area contributed by atoms with Crippen LogP contribution >= 0.6 is 0 Å². The van der Waals surface area contributed by atoms with Gasteiger partial charge in [0, 0.05) is 25.7 Å². The van der Waals surface area contributed by atoms with Crippen LogP contribution in [0.4, 0.5) is 0 Å². The van der Waals surface area contributed by atoms with E-state index in [9.17, 15) is 4.79 Å². The Morgan fingerprint density at radius 2 is 2.12 bits per heavy atom. The van der Waals surface area contributed by atoms with E-state index >= 15 is 0 Å². The summed E-state index contributed by atoms with van der Waals surface area (Å²) in [7, 11) is 0. The Morgan fingerprint density at radius 3 is 2.94 bits per heavy atom. The molecule has 0 saturated carbocycles. The number of aliphatic imine (C=N–C) groups is 1. The molecule has 90 valence electrons. The third kappa shape index (κ3) is 2.26. The van der Waals surface area contributed by atoms with Crippen LogP contribution in [0.15, 0.2) is 4.99 Å². The van der Waals surface area contributed by atoms with Gasteiger partial charge >= 0.3 is 5.97 Å². The molecule has 4 heteroatoms. The SMILES string of the molecule is CCC(=O)O[N+]12CCCCCC1=NCCC2. The van der Waals surface area contributed by atoms with Gasteiger partial charge in [0.1, 0.15) is 13.1 Å². The molecule has 0 aromatic rings. The first kappa shape index (κ1) is 11.6. The minimum absolute atomic E-state index is 0.100. The van der Waals surface area contributed by atoms with Gasteiger partial charge in [0.05, 0.1) is 6.54 Å². The number of carbonyl (C=O) groups excluding carboxylic acids is 1. The van der Waals surface area contributed by atoms with Crippen molar-refractivity contribution in [1.82, 2.24) is 0 Å². The zero-order chi connectivity index (χ0) is 11.4. The van der Waals surface area contributed by atoms with Crippen molar-refractivity contribution in [3.05, 3.63) is 0 Å². The van der Waals surface area contributed by atoms with E-state index in [1.165, 1.54) is 12.8 Å². The molecule has 4 nitrogen and oxygen atoms in total. The van der Waals surface area contributed by atoms with Gasteiger partial charge < -0.3 is 0 Å². The number of carbonyl (C=O) groups is 1. The molecule has 0 amide bonds. The lowest BCUT2D eigenvalue weighted by Crippen LogP contribution is -2.56. The van der Waals surface area contributed by atoms with E-state index in [0.29, 0.717) is 11.1 Å². The van der Waals surface area contributed by atoms with Crippen LogP contribution in [0.3, 0.4) is 0 Å². The number of rotatable bonds is 2. The molecule has 0 bridgehead atoms. The standard InChI is InChI=1S/C12H21N2O2/c1-2-12(15)16-14-9-5-3-4-7-11(14)13-8-6-10-14/h2-10H2,1H3/q+1. The Labute approximate surface area is 96.8 Å². The average Bonchev–Trinajstić information content (AvgIpc) is 2.51. The predicted molar refractivity (Wildman–Crippen MR) is 61.8 cm³/mol. The summed E-state index contributed by atoms with van der Waals surface area (Å²) in [5, 5.41) is 0. The molecular formula is C12H21N2O2+. The van der Waals surface area contributed by atoms with Crippen molar-refractivity contribution >= 4 is 11.8 Å². The van der Waals surface area contributed by atoms with E-state index in [4.69, 9.17) is 4.84 Å². The molecule has 0 radical (unpaired) electrons. The van der Waals surface area contributed by atoms with Crippen LogP contribution in [0.2, 0.25) is 0 Å². The zero-order valence-corrected chi connectivity index (χ0v) is 10.1. The molecule has 1 unspecified atom stereocenters. The largest absolute Gasteiger partial charge is 0.367 e. The highest BCUT2D eigenvalue weighted by molar-refractivity contribution is 5.77. The van der Waals surface area contributed by atoms with Gasteiger partial charge in [-0.2, -0.15) is 0 Å². The summed E-state index contributed by atoms with van der Waals surface area (Å²) in [4.78, 5) is 21.8. The Kier molecular flexibility index (Phi) is 3.59. The summed E-state index contributed by atoms with van der Waals surface area (Å²) < 4.78 is 0.409. The molecule has 2 rings (SSSR count). The van der Waals surface area contributed by atoms with Gasteiger partial charge in [0.15, 0.2) is 0 Å². The lowest BCUT2D eigenvalue weighted by Gasteiger charge is -2.35. The van der Waals surface area contributed by atoms with Gasteiger partial charge in [-0.15, -0.1) is 0 Å². The number of hydroxylamine groups is 3. The van der Waals surface area contributed by atoms with E-state index in [0.717, 1.165) is 44.7 Å². The number of quaternary nitrogens is 1. The maximum Gasteiger partial charge on any atom is 0.367 e. The second-order valence-corrected chi connectivity index (χ2v) is 4.62. The third-order valence-corrected chi connectivity index (χ3v) is 3.43. The molecule has 16 heavy (non-hydrogen) atoms. The molecule has 2 heterocycles. The van der Waals surface area contributed by atoms with E-state index in [-0.39, 0.29) is 5.97 Å². The van der Waals surface area contributed by atoms with Gasteiger partial charge in [0.25, 0.3) is 0 Å². The van der Waals surface area contributed by atoms with Gasteiger partial charge in [-0.1, -0.05) is 11.6 Å². The van der Waals surface area contributed by atoms with Crippen LogP contribution in [0.1, 0.15) is 45.4 Å². The highest BCUT2D eigenvalue weighted by Gasteiger charge is 2.41. The van der Waals surface area contributed by atoms with E-state index in [1.54, 1.807) is 0 Å². The molecule has 0 aliphatic carbocycles. The van der Waals surface area contributed by atoms with Crippen LogP contribution in [-0.4, -0.2) is 36.1 Å². The summed E-state index contributed by atoms with van der Waals surface area (Å²) in [5.74, 6) is 1.00. The van der Waals surface area contributed by atoms with Crippen LogP contribution in [0.25, 0.3) is 0 Å². The minimum atomic E-state index is -0.100. The highest BCUT2D eigenvalue weighted by atomic mass is 16.7. The second-order valence-electron chi connectivity index (χ2n) is 4.62. The molecule has 1 fully saturated rings. The molecule has 1 saturated heterocycles. The topological polar surface area (TPSA) is 38.7 Å². The predicted octanol–water partition coefficient (Wildman–Crippen LogP) is 2.05. The molecule has 0 N–H and O–H groups in total. The average molecular weight is 225 g/mol. The monoisotopic (exact) mass is 225 g/mol. The Hall–Kier alpha value is -0.900. The smallest absolute Gasteiger partial charge is 0.270 e. The van der Waals surface area contributed by atoms with E-state index < -0.39 is 0 Å². The first-order valence-electron chi connectivity index (χ1n) is 6.40. The van der Waals surface area contributed by atoms with Crippen molar-refractivity contribution in [2.45, 2.75) is 45.4 Å². The van der Waals surface area contributed by atoms with Crippen molar-refractivity contribution in [3.63, 3.8) is 0 Å². The number of fused-ring (bicyclic) bond motifs is 1. The summed E-state index contributed by atoms with van der Waals surface area (Å²) in [6.45, 7) is 4.59. The summed E-state index contributed by atoms with van der Waals surface area (Å²) in [6, 6.07) is 0. The van der Waals surface area contributed by atoms with Crippen molar-refractivity contribution in [2.24, 2.45) is 4.99 Å². The fourth-order valence-electron chi connectivity index (χ4n) is 2.55. The van der Waals surface area contributed by atoms with Gasteiger partial charge in [-0.05, 0) is 12.8 Å². The Morgan fingerprint density at radius 1 is 1.31 bits per heavy atom. The van der Waals surface area contributed by atoms with Crippen LogP contribution in [0.5, 0.6) is 0 Å². The number of hydrogen-bond acceptors (Lipinski definition) is 3. The summed E-state index contributed by atoms with van der Waals surface area (Å²) >= 11 is 0. The molecule has 2 aliphatic heterocycles. The Balaban J connectivity index is 2.20. The maximum absolute atomic E-state index is 11.5. The van der Waals surface area contributed by atoms with E-state index in [1.807, 2.05) is 6.92 Å². The van der Waals surface area contributed by atoms with Crippen molar-refractivity contribution in [2.75, 3.05) is 19.6 Å². The number of nitrogens with zero attached hydrogens (tertiary/aromatic N) is 2. The molecular weight excluding hydrogens is 204 g/mol. The van der Waals surface area contributed by atoms with Crippen LogP contribution in [0, 0.1) is 0 Å². The van der Waals surface area contributed by atoms with E-state index in [2.05, 4.69) is 4.99 Å². The van der Waals surface area contributed by atoms with Gasteiger partial charge in [-0.25, -0.2) is 9.79 Å². The Bertz CT molecular complexity index is 301. The lowest BCUT2D eigenvalue weighted by atomic mass is 10.2. The van der Waals surface area contributed by atoms with Crippen LogP contribution in [-0.2, 0) is 9.63 Å². The van der Waals surface area contributed by atoms with Crippen LogP contribution < -0.4 is 0 Å². The number of hydrogen-bond donors (Lipinski definition) is 0. The van der Waals surface area contributed by atoms with Crippen molar-refractivity contribution in [1.29, 1.82) is 0 Å². The first-order valence-corrected chi connectivity index (χ1v) is 6.40. The molecule has 0 spiro atoms. The zero-order valence-electron chi connectivity index (χ0n) is 10.1. The van der Waals surface area contributed by atoms with Crippen molar-refractivity contribution in [3.8, 4) is 0 Å². The highest BCUT2D eigenvalue weighted by Crippen LogP contribution is 2.25. The normalized spacial score (nSPS) is 29.9. The molecule has 0 aromatic carbocycles. The fourth-order valence-corrected chi connectivity index (χ4v) is 2.55. The van der Waals surface area contributed by atoms with Gasteiger partial charge in [0.2, 0.25) is 5.84 Å². The third-order valence-electron chi connectivity index (χ3n) is 3.43. The van der Waals surface area contributed by atoms with Crippen molar-refractivity contribution < 1.29 is 14.3 Å². The molecule has 0 aromatic heterocycles. The summed E-state index contributed by atoms with van der Waals surface area (Å²) in [5.41, 5.74) is 0. The first-order chi connectivity index (χ1) is 7.77. The summed E-state index contributed by atoms with van der Waals surface area (Å²) in [6.07, 6.45) is 6.02. The second kappa shape index (κ2) is 4.95. The quantitative estimate of drug-likeness (QED) is 0.675. The maximum atomic E-state index is 11.5. The van der Waals surface area contributed by atoms with Gasteiger partial charge in [-0.3, -0.25) is 4.84 Å². The lowest BCUT2D eigenvalue weighted by molar-refractivity contribution is -1.02.